The number of morpholine rings is 3. The van der Waals surface area contributed by atoms with Crippen molar-refractivity contribution in [3.05, 3.63) is 0 Å². The van der Waals surface area contributed by atoms with Crippen LogP contribution in [0.1, 0.15) is 33.1 Å². The van der Waals surface area contributed by atoms with Crippen molar-refractivity contribution in [2.24, 2.45) is 0 Å². The summed E-state index contributed by atoms with van der Waals surface area (Å²) in [5, 5.41) is 0. The van der Waals surface area contributed by atoms with Gasteiger partial charge in [-0.1, -0.05) is 0 Å². The van der Waals surface area contributed by atoms with Crippen LogP contribution in [-0.2, 0) is 31.3 Å². The minimum Gasteiger partial charge on any atom is -0.415 e. The van der Waals surface area contributed by atoms with Gasteiger partial charge in [0, 0.05) is 52.5 Å². The van der Waals surface area contributed by atoms with E-state index in [4.69, 9.17) is 31.3 Å². The summed E-state index contributed by atoms with van der Waals surface area (Å²) in [6, 6.07) is 2.93. The standard InChI is InChI=1S/C28H61N3O7Si3/c1-6-35-39(3,26-8-11-29-14-20-32-21-15-29)37-41(5,28-10-13-31-18-24-34-25-19-31)38-40(4,36-7-2)27-9-12-30-16-22-33-23-17-30/h6-28H2,1-5H3. The van der Waals surface area contributed by atoms with Crippen LogP contribution < -0.4 is 0 Å². The summed E-state index contributed by atoms with van der Waals surface area (Å²) in [6.07, 6.45) is 3.23. The summed E-state index contributed by atoms with van der Waals surface area (Å²) in [6.45, 7) is 26.7. The van der Waals surface area contributed by atoms with Crippen molar-refractivity contribution in [2.45, 2.75) is 70.9 Å². The molecule has 0 aliphatic carbocycles. The third-order valence-electron chi connectivity index (χ3n) is 8.39. The summed E-state index contributed by atoms with van der Waals surface area (Å²) < 4.78 is 44.2. The van der Waals surface area contributed by atoms with Gasteiger partial charge in [-0.15, -0.1) is 0 Å². The van der Waals surface area contributed by atoms with Crippen molar-refractivity contribution in [2.75, 3.05) is 112 Å². The first-order valence-corrected chi connectivity index (χ1v) is 23.9. The molecule has 0 aromatic rings. The molecule has 0 aromatic carbocycles. The largest absolute Gasteiger partial charge is 0.415 e. The van der Waals surface area contributed by atoms with E-state index in [0.29, 0.717) is 13.2 Å². The Kier molecular flexibility index (Phi) is 16.5. The highest BCUT2D eigenvalue weighted by atomic mass is 28.5. The van der Waals surface area contributed by atoms with E-state index < -0.39 is 25.7 Å². The molecule has 41 heavy (non-hydrogen) atoms. The Morgan fingerprint density at radius 3 is 1.07 bits per heavy atom. The van der Waals surface area contributed by atoms with Gasteiger partial charge in [0.1, 0.15) is 0 Å². The van der Waals surface area contributed by atoms with Gasteiger partial charge in [-0.2, -0.15) is 0 Å². The first-order valence-electron chi connectivity index (χ1n) is 16.4. The lowest BCUT2D eigenvalue weighted by Gasteiger charge is -2.42. The van der Waals surface area contributed by atoms with Gasteiger partial charge in [-0.3, -0.25) is 14.7 Å². The normalized spacial score (nSPS) is 24.5. The molecular formula is C28H61N3O7Si3. The lowest BCUT2D eigenvalue weighted by atomic mass is 10.3. The van der Waals surface area contributed by atoms with Gasteiger partial charge in [0.25, 0.3) is 0 Å². The summed E-state index contributed by atoms with van der Waals surface area (Å²) in [7, 11) is -7.51. The highest BCUT2D eigenvalue weighted by Crippen LogP contribution is 2.31. The van der Waals surface area contributed by atoms with Gasteiger partial charge in [0.15, 0.2) is 0 Å². The predicted molar refractivity (Wildman–Crippen MR) is 170 cm³/mol. The number of nitrogens with zero attached hydrogens (tertiary/aromatic N) is 3. The van der Waals surface area contributed by atoms with Gasteiger partial charge < -0.3 is 31.3 Å². The molecule has 3 saturated heterocycles. The topological polar surface area (TPSA) is 74.3 Å². The Hall–Kier alpha value is 0.251. The number of ether oxygens (including phenoxy) is 3. The van der Waals surface area contributed by atoms with Gasteiger partial charge in [0.05, 0.1) is 39.6 Å². The molecule has 10 nitrogen and oxygen atoms in total. The molecule has 0 bridgehead atoms. The predicted octanol–water partition coefficient (Wildman–Crippen LogP) is 3.48. The molecular weight excluding hydrogens is 575 g/mol. The molecule has 0 saturated carbocycles. The van der Waals surface area contributed by atoms with E-state index in [1.807, 2.05) is 0 Å². The van der Waals surface area contributed by atoms with E-state index in [-0.39, 0.29) is 0 Å². The molecule has 3 aliphatic heterocycles. The lowest BCUT2D eigenvalue weighted by molar-refractivity contribution is 0.0375. The van der Waals surface area contributed by atoms with Crippen LogP contribution in [0.15, 0.2) is 0 Å². The fourth-order valence-electron chi connectivity index (χ4n) is 6.30. The van der Waals surface area contributed by atoms with E-state index in [1.54, 1.807) is 0 Å². The van der Waals surface area contributed by atoms with E-state index in [9.17, 15) is 0 Å². The second kappa shape index (κ2) is 18.9. The van der Waals surface area contributed by atoms with Crippen LogP contribution >= 0.6 is 0 Å². The highest BCUT2D eigenvalue weighted by molar-refractivity contribution is 6.85. The van der Waals surface area contributed by atoms with Crippen molar-refractivity contribution in [3.8, 4) is 0 Å². The number of rotatable bonds is 20. The molecule has 2 unspecified atom stereocenters. The zero-order valence-electron chi connectivity index (χ0n) is 27.0. The van der Waals surface area contributed by atoms with Crippen LogP contribution in [0.3, 0.4) is 0 Å². The average molecular weight is 636 g/mol. The third kappa shape index (κ3) is 13.8. The smallest absolute Gasteiger partial charge is 0.326 e. The van der Waals surface area contributed by atoms with E-state index in [0.717, 1.165) is 136 Å². The van der Waals surface area contributed by atoms with Crippen molar-refractivity contribution < 1.29 is 31.3 Å². The first-order chi connectivity index (χ1) is 19.8. The van der Waals surface area contributed by atoms with Crippen molar-refractivity contribution in [1.82, 2.24) is 14.7 Å². The number of hydrogen-bond donors (Lipinski definition) is 0. The van der Waals surface area contributed by atoms with E-state index >= 15 is 0 Å². The zero-order chi connectivity index (χ0) is 29.4. The Morgan fingerprint density at radius 1 is 0.488 bits per heavy atom. The van der Waals surface area contributed by atoms with Crippen molar-refractivity contribution >= 4 is 25.7 Å². The Bertz CT molecular complexity index is 659. The molecule has 0 amide bonds. The molecule has 0 radical (unpaired) electrons. The van der Waals surface area contributed by atoms with Gasteiger partial charge in [-0.25, -0.2) is 0 Å². The molecule has 3 fully saturated rings. The Labute approximate surface area is 254 Å². The minimum absolute atomic E-state index is 0.679. The van der Waals surface area contributed by atoms with Gasteiger partial charge >= 0.3 is 25.7 Å². The highest BCUT2D eigenvalue weighted by Gasteiger charge is 2.48. The van der Waals surface area contributed by atoms with Crippen LogP contribution in [-0.4, -0.2) is 152 Å². The first kappa shape index (κ1) is 35.7. The fraction of sp³-hybridized carbons (Fsp3) is 1.00. The Balaban J connectivity index is 1.65. The molecule has 13 heteroatoms. The van der Waals surface area contributed by atoms with Gasteiger partial charge in [-0.05, 0) is 90.5 Å². The molecule has 0 aromatic heterocycles. The van der Waals surface area contributed by atoms with Crippen molar-refractivity contribution in [3.63, 3.8) is 0 Å². The summed E-state index contributed by atoms with van der Waals surface area (Å²) in [4.78, 5) is 7.53. The van der Waals surface area contributed by atoms with Crippen LogP contribution in [0.25, 0.3) is 0 Å². The zero-order valence-corrected chi connectivity index (χ0v) is 30.0. The Morgan fingerprint density at radius 2 is 0.780 bits per heavy atom. The molecule has 3 heterocycles. The summed E-state index contributed by atoms with van der Waals surface area (Å²) in [5.74, 6) is 0. The maximum atomic E-state index is 7.26. The molecule has 3 aliphatic rings. The number of hydrogen-bond acceptors (Lipinski definition) is 10. The summed E-state index contributed by atoms with van der Waals surface area (Å²) >= 11 is 0. The van der Waals surface area contributed by atoms with E-state index in [2.05, 4.69) is 48.2 Å². The maximum absolute atomic E-state index is 7.26. The maximum Gasteiger partial charge on any atom is 0.326 e. The average Bonchev–Trinajstić information content (AvgIpc) is 2.95. The quantitative estimate of drug-likeness (QED) is 0.186. The lowest BCUT2D eigenvalue weighted by Crippen LogP contribution is -2.58. The third-order valence-corrected chi connectivity index (χ3v) is 20.9. The molecule has 242 valence electrons. The monoisotopic (exact) mass is 635 g/mol. The molecule has 0 spiro atoms. The minimum atomic E-state index is -2.61. The van der Waals surface area contributed by atoms with Crippen LogP contribution in [0.5, 0.6) is 0 Å². The van der Waals surface area contributed by atoms with E-state index in [1.165, 1.54) is 0 Å². The van der Waals surface area contributed by atoms with Crippen LogP contribution in [0, 0.1) is 0 Å². The van der Waals surface area contributed by atoms with Crippen molar-refractivity contribution in [1.29, 1.82) is 0 Å². The fourth-order valence-corrected chi connectivity index (χ4v) is 20.2. The van der Waals surface area contributed by atoms with Gasteiger partial charge in [0.2, 0.25) is 0 Å². The van der Waals surface area contributed by atoms with Crippen LogP contribution in [0.4, 0.5) is 0 Å². The molecule has 3 rings (SSSR count). The summed E-state index contributed by atoms with van der Waals surface area (Å²) in [5.41, 5.74) is 0. The van der Waals surface area contributed by atoms with Crippen LogP contribution in [0.2, 0.25) is 37.8 Å². The molecule has 2 atom stereocenters. The molecule has 0 N–H and O–H groups in total. The second-order valence-electron chi connectivity index (χ2n) is 12.1. The SMILES string of the molecule is CCO[Si](C)(CCCN1CCOCC1)O[Si](C)(CCCN1CCOCC1)O[Si](C)(CCCN1CCOCC1)OCC. The second-order valence-corrected chi connectivity index (χ2v) is 22.7.